The number of aromatic hydroxyl groups is 1. The summed E-state index contributed by atoms with van der Waals surface area (Å²) < 4.78 is 0. The van der Waals surface area contributed by atoms with Gasteiger partial charge < -0.3 is 5.11 Å². The Morgan fingerprint density at radius 3 is 1.74 bits per heavy atom. The first-order valence-corrected chi connectivity index (χ1v) is 16.4. The molecule has 8 unspecified atom stereocenters. The summed E-state index contributed by atoms with van der Waals surface area (Å²) in [5, 5.41) is 28.5. The summed E-state index contributed by atoms with van der Waals surface area (Å²) in [6.45, 7) is 6.85. The molecule has 2 aromatic carbocycles. The maximum Gasteiger partial charge on any atom is 0.115 e. The molecule has 2 saturated carbocycles. The SMILES string of the molecule is CC12CCC3c4ccc(O)cc4CCC3C1CC=C2C#N.Cc1ccc2c(c1)CCC1C2CCC2(C)C(C#N)=CCC12. The Labute approximate surface area is 252 Å². The van der Waals surface area contributed by atoms with Gasteiger partial charge in [-0.05, 0) is 141 Å². The monoisotopic (exact) mass is 556 g/mol. The molecule has 1 N–H and O–H groups in total. The smallest absolute Gasteiger partial charge is 0.115 e. The Morgan fingerprint density at radius 1 is 0.714 bits per heavy atom. The fraction of sp³-hybridized carbons (Fsp3) is 0.538. The molecule has 0 heterocycles. The highest BCUT2D eigenvalue weighted by molar-refractivity contribution is 5.43. The minimum absolute atomic E-state index is 0.115. The van der Waals surface area contributed by atoms with Crippen LogP contribution in [0, 0.1) is 64.1 Å². The molecule has 8 atom stereocenters. The van der Waals surface area contributed by atoms with Crippen LogP contribution in [-0.2, 0) is 12.8 Å². The zero-order chi connectivity index (χ0) is 29.2. The first-order chi connectivity index (χ1) is 20.3. The van der Waals surface area contributed by atoms with Gasteiger partial charge in [-0.15, -0.1) is 0 Å². The molecule has 3 nitrogen and oxygen atoms in total. The average Bonchev–Trinajstić information content (AvgIpc) is 3.52. The highest BCUT2D eigenvalue weighted by Crippen LogP contribution is 2.62. The summed E-state index contributed by atoms with van der Waals surface area (Å²) in [4.78, 5) is 0. The van der Waals surface area contributed by atoms with Crippen LogP contribution in [0.25, 0.3) is 0 Å². The van der Waals surface area contributed by atoms with Crippen LogP contribution in [0.15, 0.2) is 59.7 Å². The Balaban J connectivity index is 0.000000137. The number of allylic oxidation sites excluding steroid dienone is 4. The van der Waals surface area contributed by atoms with Crippen molar-refractivity contribution < 1.29 is 5.11 Å². The highest BCUT2D eigenvalue weighted by atomic mass is 16.3. The second kappa shape index (κ2) is 10.2. The largest absolute Gasteiger partial charge is 0.508 e. The standard InChI is InChI=1S/C20H23N.C19H21NO/c1-13-3-6-16-14(11-13)4-7-18-17(16)9-10-20(2)15(12-21)5-8-19(18)20;1-19-9-8-16-15-6-4-14(21)10-12(15)2-5-17(16)18(19)7-3-13(19)11-20/h3,5-6,11,17-19H,4,7-10H2,1-2H3;3-4,6,10,16-18,21H,2,5,7-9H2,1H3. The Bertz CT molecular complexity index is 1450. The lowest BCUT2D eigenvalue weighted by molar-refractivity contribution is 0.0779. The van der Waals surface area contributed by atoms with Crippen LogP contribution in [0.2, 0.25) is 0 Å². The second-order valence-corrected chi connectivity index (χ2v) is 14.8. The summed E-state index contributed by atoms with van der Waals surface area (Å²) in [6.07, 6.45) is 16.2. The van der Waals surface area contributed by atoms with E-state index in [-0.39, 0.29) is 10.8 Å². The van der Waals surface area contributed by atoms with E-state index in [1.165, 1.54) is 55.2 Å². The fourth-order valence-corrected chi connectivity index (χ4v) is 10.8. The van der Waals surface area contributed by atoms with Crippen LogP contribution in [-0.4, -0.2) is 5.11 Å². The van der Waals surface area contributed by atoms with Crippen LogP contribution in [0.1, 0.15) is 105 Å². The van der Waals surface area contributed by atoms with Crippen LogP contribution in [0.4, 0.5) is 0 Å². The maximum absolute atomic E-state index is 9.70. The number of fused-ring (bicyclic) bond motifs is 10. The zero-order valence-electron chi connectivity index (χ0n) is 25.5. The highest BCUT2D eigenvalue weighted by Gasteiger charge is 2.53. The lowest BCUT2D eigenvalue weighted by Gasteiger charge is -2.49. The molecule has 2 fully saturated rings. The number of aryl methyl sites for hydroxylation is 3. The number of phenols is 1. The zero-order valence-corrected chi connectivity index (χ0v) is 25.5. The topological polar surface area (TPSA) is 67.8 Å². The molecule has 0 bridgehead atoms. The fourth-order valence-electron chi connectivity index (χ4n) is 10.8. The second-order valence-electron chi connectivity index (χ2n) is 14.8. The van der Waals surface area contributed by atoms with Gasteiger partial charge in [-0.2, -0.15) is 10.5 Å². The minimum Gasteiger partial charge on any atom is -0.508 e. The molecule has 0 saturated heterocycles. The number of benzene rings is 2. The summed E-state index contributed by atoms with van der Waals surface area (Å²) >= 11 is 0. The number of hydrogen-bond acceptors (Lipinski definition) is 3. The Morgan fingerprint density at radius 2 is 1.21 bits per heavy atom. The maximum atomic E-state index is 9.70. The van der Waals surface area contributed by atoms with E-state index in [1.807, 2.05) is 12.1 Å². The molecule has 0 aliphatic heterocycles. The van der Waals surface area contributed by atoms with Gasteiger partial charge in [-0.25, -0.2) is 0 Å². The van der Waals surface area contributed by atoms with Gasteiger partial charge in [0.2, 0.25) is 0 Å². The van der Waals surface area contributed by atoms with Crippen molar-refractivity contribution in [2.75, 3.05) is 0 Å². The molecule has 0 amide bonds. The summed E-state index contributed by atoms with van der Waals surface area (Å²) in [6, 6.07) is 17.9. The first kappa shape index (κ1) is 27.5. The lowest BCUT2D eigenvalue weighted by atomic mass is 9.54. The van der Waals surface area contributed by atoms with Gasteiger partial charge in [0.25, 0.3) is 0 Å². The van der Waals surface area contributed by atoms with Gasteiger partial charge in [-0.1, -0.05) is 55.8 Å². The van der Waals surface area contributed by atoms with E-state index in [9.17, 15) is 15.6 Å². The van der Waals surface area contributed by atoms with Crippen molar-refractivity contribution in [2.24, 2.45) is 34.5 Å². The normalized spacial score (nSPS) is 37.0. The summed E-state index contributed by atoms with van der Waals surface area (Å²) in [7, 11) is 0. The predicted molar refractivity (Wildman–Crippen MR) is 167 cm³/mol. The van der Waals surface area contributed by atoms with E-state index in [0.717, 1.165) is 48.7 Å². The molecule has 2 aromatic rings. The molecule has 8 rings (SSSR count). The van der Waals surface area contributed by atoms with E-state index in [2.05, 4.69) is 69.3 Å². The number of nitrogens with zero attached hydrogens (tertiary/aromatic N) is 2. The van der Waals surface area contributed by atoms with E-state index >= 15 is 0 Å². The van der Waals surface area contributed by atoms with Crippen molar-refractivity contribution in [3.63, 3.8) is 0 Å². The van der Waals surface area contributed by atoms with E-state index in [0.29, 0.717) is 29.4 Å². The molecule has 216 valence electrons. The van der Waals surface area contributed by atoms with E-state index in [4.69, 9.17) is 0 Å². The third-order valence-corrected chi connectivity index (χ3v) is 13.0. The molecule has 42 heavy (non-hydrogen) atoms. The van der Waals surface area contributed by atoms with E-state index < -0.39 is 0 Å². The van der Waals surface area contributed by atoms with Gasteiger partial charge >= 0.3 is 0 Å². The third kappa shape index (κ3) is 4.11. The van der Waals surface area contributed by atoms with Gasteiger partial charge in [0.05, 0.1) is 12.1 Å². The van der Waals surface area contributed by atoms with Crippen LogP contribution in [0.5, 0.6) is 5.75 Å². The molecular weight excluding hydrogens is 512 g/mol. The van der Waals surface area contributed by atoms with Gasteiger partial charge in [-0.3, -0.25) is 0 Å². The number of rotatable bonds is 0. The average molecular weight is 557 g/mol. The molecular formula is C39H44N2O. The van der Waals surface area contributed by atoms with Crippen molar-refractivity contribution in [1.82, 2.24) is 0 Å². The number of nitriles is 2. The third-order valence-electron chi connectivity index (χ3n) is 13.0. The van der Waals surface area contributed by atoms with Crippen LogP contribution in [0.3, 0.4) is 0 Å². The van der Waals surface area contributed by atoms with Crippen molar-refractivity contribution in [1.29, 1.82) is 10.5 Å². The minimum atomic E-state index is 0.115. The van der Waals surface area contributed by atoms with Crippen LogP contribution < -0.4 is 0 Å². The molecule has 0 radical (unpaired) electrons. The first-order valence-electron chi connectivity index (χ1n) is 16.4. The van der Waals surface area contributed by atoms with Crippen molar-refractivity contribution in [3.05, 3.63) is 87.5 Å². The predicted octanol–water partition coefficient (Wildman–Crippen LogP) is 9.22. The molecule has 0 aromatic heterocycles. The number of hydrogen-bond donors (Lipinski definition) is 1. The van der Waals surface area contributed by atoms with Gasteiger partial charge in [0, 0.05) is 22.0 Å². The molecule has 3 heteroatoms. The number of phenolic OH excluding ortho intramolecular Hbond substituents is 1. The summed E-state index contributed by atoms with van der Waals surface area (Å²) in [5.41, 5.74) is 9.77. The van der Waals surface area contributed by atoms with E-state index in [1.54, 1.807) is 11.1 Å². The van der Waals surface area contributed by atoms with Crippen LogP contribution >= 0.6 is 0 Å². The van der Waals surface area contributed by atoms with Gasteiger partial charge in [0.1, 0.15) is 5.75 Å². The Kier molecular flexibility index (Phi) is 6.66. The molecule has 0 spiro atoms. The molecule has 6 aliphatic carbocycles. The van der Waals surface area contributed by atoms with Crippen molar-refractivity contribution in [3.8, 4) is 17.9 Å². The Hall–Kier alpha value is -3.30. The molecule has 6 aliphatic rings. The quantitative estimate of drug-likeness (QED) is 0.352. The van der Waals surface area contributed by atoms with Crippen molar-refractivity contribution >= 4 is 0 Å². The van der Waals surface area contributed by atoms with Crippen molar-refractivity contribution in [2.45, 2.75) is 96.8 Å². The lowest BCUT2D eigenvalue weighted by Crippen LogP contribution is -2.41. The van der Waals surface area contributed by atoms with Gasteiger partial charge in [0.15, 0.2) is 0 Å². The summed E-state index contributed by atoms with van der Waals surface area (Å²) in [5.74, 6) is 4.55.